The van der Waals surface area contributed by atoms with Crippen LogP contribution < -0.4 is 5.32 Å². The predicted octanol–water partition coefficient (Wildman–Crippen LogP) is 1.75. The van der Waals surface area contributed by atoms with Crippen LogP contribution >= 0.6 is 0 Å². The topological polar surface area (TPSA) is 62.1 Å². The third-order valence-corrected chi connectivity index (χ3v) is 3.26. The first-order valence-electron chi connectivity index (χ1n) is 5.89. The molecule has 0 aromatic rings. The van der Waals surface area contributed by atoms with Gasteiger partial charge in [0.05, 0.1) is 6.07 Å². The average Bonchev–Trinajstić information content (AvgIpc) is 2.54. The van der Waals surface area contributed by atoms with Crippen molar-refractivity contribution in [3.63, 3.8) is 0 Å². The van der Waals surface area contributed by atoms with Crippen LogP contribution in [-0.4, -0.2) is 24.7 Å². The first-order chi connectivity index (χ1) is 7.63. The molecule has 1 amide bonds. The van der Waals surface area contributed by atoms with E-state index >= 15 is 0 Å². The van der Waals surface area contributed by atoms with Crippen molar-refractivity contribution >= 4 is 5.91 Å². The fraction of sp³-hybridized carbons (Fsp3) is 0.833. The van der Waals surface area contributed by atoms with Gasteiger partial charge in [0.2, 0.25) is 5.91 Å². The van der Waals surface area contributed by atoms with Gasteiger partial charge in [0, 0.05) is 7.11 Å². The van der Waals surface area contributed by atoms with Crippen molar-refractivity contribution in [1.82, 2.24) is 5.32 Å². The Labute approximate surface area is 97.0 Å². The molecule has 0 aromatic carbocycles. The van der Waals surface area contributed by atoms with Crippen LogP contribution in [0.15, 0.2) is 0 Å². The molecule has 4 nitrogen and oxygen atoms in total. The highest BCUT2D eigenvalue weighted by molar-refractivity contribution is 5.81. The van der Waals surface area contributed by atoms with E-state index in [1.54, 1.807) is 6.92 Å². The standard InChI is InChI=1S/C12H20N2O2/c1-10(16-2)11(15)14-12(9-13)7-5-3-4-6-8-12/h10H,3-8H2,1-2H3,(H,14,15). The van der Waals surface area contributed by atoms with Crippen LogP contribution in [0.4, 0.5) is 0 Å². The monoisotopic (exact) mass is 224 g/mol. The van der Waals surface area contributed by atoms with Crippen molar-refractivity contribution < 1.29 is 9.53 Å². The lowest BCUT2D eigenvalue weighted by Gasteiger charge is -2.27. The third kappa shape index (κ3) is 3.21. The minimum absolute atomic E-state index is 0.189. The molecule has 4 heteroatoms. The lowest BCUT2D eigenvalue weighted by Crippen LogP contribution is -2.50. The Kier molecular flexibility index (Phi) is 4.75. The molecule has 0 heterocycles. The first-order valence-corrected chi connectivity index (χ1v) is 5.89. The van der Waals surface area contributed by atoms with Crippen LogP contribution in [0.25, 0.3) is 0 Å². The number of amides is 1. The van der Waals surface area contributed by atoms with Crippen molar-refractivity contribution in [3.05, 3.63) is 0 Å². The quantitative estimate of drug-likeness (QED) is 0.743. The van der Waals surface area contributed by atoms with Gasteiger partial charge in [0.1, 0.15) is 11.6 Å². The SMILES string of the molecule is COC(C)C(=O)NC1(C#N)CCCCCC1. The van der Waals surface area contributed by atoms with Gasteiger partial charge < -0.3 is 10.1 Å². The van der Waals surface area contributed by atoms with Crippen LogP contribution in [0, 0.1) is 11.3 Å². The zero-order valence-corrected chi connectivity index (χ0v) is 10.1. The molecule has 1 aliphatic rings. The van der Waals surface area contributed by atoms with Crippen molar-refractivity contribution in [2.24, 2.45) is 0 Å². The van der Waals surface area contributed by atoms with Gasteiger partial charge in [-0.05, 0) is 19.8 Å². The van der Waals surface area contributed by atoms with Crippen LogP contribution in [0.1, 0.15) is 45.4 Å². The molecule has 1 unspecified atom stereocenters. The van der Waals surface area contributed by atoms with Gasteiger partial charge in [-0.15, -0.1) is 0 Å². The maximum Gasteiger partial charge on any atom is 0.250 e. The van der Waals surface area contributed by atoms with E-state index in [9.17, 15) is 10.1 Å². The molecule has 16 heavy (non-hydrogen) atoms. The molecule has 0 bridgehead atoms. The Bertz CT molecular complexity index is 275. The maximum absolute atomic E-state index is 11.7. The van der Waals surface area contributed by atoms with E-state index in [1.165, 1.54) is 7.11 Å². The summed E-state index contributed by atoms with van der Waals surface area (Å²) in [7, 11) is 1.50. The molecule has 0 aromatic heterocycles. The van der Waals surface area contributed by atoms with E-state index < -0.39 is 11.6 Å². The van der Waals surface area contributed by atoms with Crippen molar-refractivity contribution in [2.75, 3.05) is 7.11 Å². The molecule has 1 rings (SSSR count). The molecular formula is C12H20N2O2. The fourth-order valence-corrected chi connectivity index (χ4v) is 2.04. The first kappa shape index (κ1) is 13.0. The van der Waals surface area contributed by atoms with Crippen LogP contribution in [-0.2, 0) is 9.53 Å². The average molecular weight is 224 g/mol. The van der Waals surface area contributed by atoms with Gasteiger partial charge in [-0.1, -0.05) is 25.7 Å². The second-order valence-corrected chi connectivity index (χ2v) is 4.48. The highest BCUT2D eigenvalue weighted by Crippen LogP contribution is 2.26. The largest absolute Gasteiger partial charge is 0.372 e. The molecular weight excluding hydrogens is 204 g/mol. The molecule has 1 saturated carbocycles. The predicted molar refractivity (Wildman–Crippen MR) is 60.7 cm³/mol. The van der Waals surface area contributed by atoms with E-state index in [0.29, 0.717) is 0 Å². The fourth-order valence-electron chi connectivity index (χ4n) is 2.04. The lowest BCUT2D eigenvalue weighted by molar-refractivity contribution is -0.131. The smallest absolute Gasteiger partial charge is 0.250 e. The van der Waals surface area contributed by atoms with E-state index in [0.717, 1.165) is 38.5 Å². The normalized spacial score (nSPS) is 21.6. The number of nitriles is 1. The van der Waals surface area contributed by atoms with Crippen LogP contribution in [0.5, 0.6) is 0 Å². The Hall–Kier alpha value is -1.08. The summed E-state index contributed by atoms with van der Waals surface area (Å²) >= 11 is 0. The number of carbonyl (C=O) groups excluding carboxylic acids is 1. The summed E-state index contributed by atoms with van der Waals surface area (Å²) in [5, 5.41) is 12.1. The molecule has 0 spiro atoms. The number of hydrogen-bond donors (Lipinski definition) is 1. The summed E-state index contributed by atoms with van der Waals surface area (Å²) in [6.07, 6.45) is 5.34. The summed E-state index contributed by atoms with van der Waals surface area (Å²) in [6, 6.07) is 2.28. The molecule has 1 atom stereocenters. The minimum Gasteiger partial charge on any atom is -0.372 e. The number of rotatable bonds is 3. The van der Waals surface area contributed by atoms with Gasteiger partial charge in [-0.25, -0.2) is 0 Å². The third-order valence-electron chi connectivity index (χ3n) is 3.26. The van der Waals surface area contributed by atoms with Gasteiger partial charge in [0.25, 0.3) is 0 Å². The second-order valence-electron chi connectivity index (χ2n) is 4.48. The number of nitrogens with zero attached hydrogens (tertiary/aromatic N) is 1. The van der Waals surface area contributed by atoms with Gasteiger partial charge in [-0.3, -0.25) is 4.79 Å². The number of nitrogens with one attached hydrogen (secondary N) is 1. The van der Waals surface area contributed by atoms with E-state index in [2.05, 4.69) is 11.4 Å². The lowest BCUT2D eigenvalue weighted by atomic mass is 9.91. The number of methoxy groups -OCH3 is 1. The Morgan fingerprint density at radius 1 is 1.38 bits per heavy atom. The van der Waals surface area contributed by atoms with E-state index in [1.807, 2.05) is 0 Å². The Morgan fingerprint density at radius 2 is 1.94 bits per heavy atom. The highest BCUT2D eigenvalue weighted by atomic mass is 16.5. The summed E-state index contributed by atoms with van der Waals surface area (Å²) < 4.78 is 4.95. The number of ether oxygens (including phenoxy) is 1. The zero-order chi connectivity index (χ0) is 12.0. The van der Waals surface area contributed by atoms with Gasteiger partial charge in [-0.2, -0.15) is 5.26 Å². The van der Waals surface area contributed by atoms with Crippen molar-refractivity contribution in [3.8, 4) is 6.07 Å². The molecule has 1 fully saturated rings. The molecule has 0 aliphatic heterocycles. The minimum atomic E-state index is -0.666. The molecule has 0 radical (unpaired) electrons. The molecule has 1 N–H and O–H groups in total. The molecule has 0 saturated heterocycles. The van der Waals surface area contributed by atoms with Crippen LogP contribution in [0.3, 0.4) is 0 Å². The Balaban J connectivity index is 2.65. The summed E-state index contributed by atoms with van der Waals surface area (Å²) in [4.78, 5) is 11.7. The highest BCUT2D eigenvalue weighted by Gasteiger charge is 2.33. The van der Waals surface area contributed by atoms with Crippen molar-refractivity contribution in [1.29, 1.82) is 5.26 Å². The summed E-state index contributed by atoms with van der Waals surface area (Å²) in [5.74, 6) is -0.189. The summed E-state index contributed by atoms with van der Waals surface area (Å²) in [5.41, 5.74) is -0.666. The molecule has 1 aliphatic carbocycles. The van der Waals surface area contributed by atoms with Gasteiger partial charge >= 0.3 is 0 Å². The Morgan fingerprint density at radius 3 is 2.38 bits per heavy atom. The summed E-state index contributed by atoms with van der Waals surface area (Å²) in [6.45, 7) is 1.69. The van der Waals surface area contributed by atoms with E-state index in [4.69, 9.17) is 4.74 Å². The van der Waals surface area contributed by atoms with Gasteiger partial charge in [0.15, 0.2) is 0 Å². The van der Waals surface area contributed by atoms with Crippen LogP contribution in [0.2, 0.25) is 0 Å². The number of carbonyl (C=O) groups is 1. The zero-order valence-electron chi connectivity index (χ0n) is 10.1. The maximum atomic E-state index is 11.7. The van der Waals surface area contributed by atoms with Crippen molar-refractivity contribution in [2.45, 2.75) is 57.1 Å². The second kappa shape index (κ2) is 5.86. The molecule has 90 valence electrons. The van der Waals surface area contributed by atoms with E-state index in [-0.39, 0.29) is 5.91 Å². The number of hydrogen-bond acceptors (Lipinski definition) is 3.